The first-order valence-corrected chi connectivity index (χ1v) is 2.22. The van der Waals surface area contributed by atoms with Crippen molar-refractivity contribution in [1.82, 2.24) is 0 Å². The van der Waals surface area contributed by atoms with E-state index in [1.165, 1.54) is 6.92 Å². The van der Waals surface area contributed by atoms with Crippen LogP contribution >= 0.6 is 0 Å². The summed E-state index contributed by atoms with van der Waals surface area (Å²) in [5.41, 5.74) is 5.01. The fraction of sp³-hybridized carbons (Fsp3) is 0.750. The molecular formula is C4H9NO3. The van der Waals surface area contributed by atoms with Crippen molar-refractivity contribution in [2.75, 3.05) is 0 Å². The highest BCUT2D eigenvalue weighted by Crippen LogP contribution is 1.86. The van der Waals surface area contributed by atoms with Crippen molar-refractivity contribution in [3.8, 4) is 0 Å². The Kier molecular flexibility index (Phi) is 2.44. The number of aliphatic carboxylic acids is 1. The Morgan fingerprint density at radius 1 is 1.75 bits per heavy atom. The molecule has 4 heteroatoms. The minimum absolute atomic E-state index is 0.701. The van der Waals surface area contributed by atoms with Crippen LogP contribution in [0.15, 0.2) is 0 Å². The first kappa shape index (κ1) is 7.39. The average molecular weight is 119 g/mol. The van der Waals surface area contributed by atoms with Gasteiger partial charge in [0.15, 0.2) is 6.10 Å². The molecule has 0 fully saturated rings. The van der Waals surface area contributed by atoms with Crippen molar-refractivity contribution < 1.29 is 15.0 Å². The predicted octanol–water partition coefficient (Wildman–Crippen LogP) is -1.22. The lowest BCUT2D eigenvalue weighted by Gasteiger charge is -2.06. The van der Waals surface area contributed by atoms with Crippen LogP contribution in [0.25, 0.3) is 0 Å². The van der Waals surface area contributed by atoms with E-state index in [2.05, 4.69) is 0 Å². The zero-order valence-electron chi connectivity index (χ0n) is 4.53. The number of aliphatic hydroxyl groups excluding tert-OH is 1. The molecule has 0 heterocycles. The minimum atomic E-state index is -1.44. The van der Waals surface area contributed by atoms with Crippen molar-refractivity contribution in [2.24, 2.45) is 5.73 Å². The zero-order chi connectivity index (χ0) is 6.73. The number of rotatable bonds is 2. The monoisotopic (exact) mass is 119 g/mol. The van der Waals surface area contributed by atoms with E-state index >= 15 is 0 Å². The van der Waals surface area contributed by atoms with Gasteiger partial charge in [-0.2, -0.15) is 0 Å². The van der Waals surface area contributed by atoms with Gasteiger partial charge in [-0.3, -0.25) is 0 Å². The molecule has 0 aliphatic rings. The Morgan fingerprint density at radius 2 is 2.12 bits per heavy atom. The normalized spacial score (nSPS) is 17.4. The standard InChI is InChI=1S/C4H9NO3/c1-2(5)3(6)4(7)8/h2-3,6H,5H2,1H3,(H,7,8)/t2-,3-/m1/s1. The number of carboxylic acid groups (broad SMARTS) is 1. The predicted molar refractivity (Wildman–Crippen MR) is 27.3 cm³/mol. The highest BCUT2D eigenvalue weighted by Gasteiger charge is 2.16. The van der Waals surface area contributed by atoms with Crippen molar-refractivity contribution in [3.63, 3.8) is 0 Å². The lowest BCUT2D eigenvalue weighted by molar-refractivity contribution is -0.147. The highest BCUT2D eigenvalue weighted by molar-refractivity contribution is 5.72. The fourth-order valence-corrected chi connectivity index (χ4v) is 0.225. The molecule has 8 heavy (non-hydrogen) atoms. The number of hydrogen-bond donors (Lipinski definition) is 3. The van der Waals surface area contributed by atoms with Crippen LogP contribution in [-0.2, 0) is 4.79 Å². The summed E-state index contributed by atoms with van der Waals surface area (Å²) in [7, 11) is 0. The van der Waals surface area contributed by atoms with Crippen molar-refractivity contribution in [1.29, 1.82) is 0 Å². The van der Waals surface area contributed by atoms with Crippen molar-refractivity contribution in [3.05, 3.63) is 0 Å². The maximum atomic E-state index is 9.81. The second-order valence-corrected chi connectivity index (χ2v) is 1.64. The van der Waals surface area contributed by atoms with E-state index in [-0.39, 0.29) is 0 Å². The molecule has 4 nitrogen and oxygen atoms in total. The summed E-state index contributed by atoms with van der Waals surface area (Å²) in [4.78, 5) is 9.81. The van der Waals surface area contributed by atoms with E-state index in [1.54, 1.807) is 0 Å². The molecule has 0 saturated heterocycles. The van der Waals surface area contributed by atoms with Crippen LogP contribution in [0.4, 0.5) is 0 Å². The molecule has 0 saturated carbocycles. The van der Waals surface area contributed by atoms with E-state index in [0.717, 1.165) is 0 Å². The van der Waals surface area contributed by atoms with Gasteiger partial charge in [-0.15, -0.1) is 0 Å². The third kappa shape index (κ3) is 1.90. The Hall–Kier alpha value is -0.610. The Bertz CT molecular complexity index is 91.3. The van der Waals surface area contributed by atoms with Crippen LogP contribution in [0.2, 0.25) is 0 Å². The number of carboxylic acids is 1. The molecule has 0 unspecified atom stereocenters. The molecule has 0 bridgehead atoms. The summed E-state index contributed by atoms with van der Waals surface area (Å²) in [6, 6.07) is -0.701. The molecule has 0 aliphatic carbocycles. The lowest BCUT2D eigenvalue weighted by atomic mass is 10.2. The summed E-state index contributed by atoms with van der Waals surface area (Å²) >= 11 is 0. The molecule has 0 rings (SSSR count). The van der Waals surface area contributed by atoms with Gasteiger partial charge in [-0.05, 0) is 6.92 Å². The molecule has 2 atom stereocenters. The zero-order valence-corrected chi connectivity index (χ0v) is 4.53. The summed E-state index contributed by atoms with van der Waals surface area (Å²) in [5.74, 6) is -1.28. The molecule has 0 aromatic rings. The Morgan fingerprint density at radius 3 is 2.12 bits per heavy atom. The van der Waals surface area contributed by atoms with E-state index in [4.69, 9.17) is 15.9 Å². The lowest BCUT2D eigenvalue weighted by Crippen LogP contribution is -2.37. The van der Waals surface area contributed by atoms with Crippen LogP contribution < -0.4 is 5.73 Å². The van der Waals surface area contributed by atoms with E-state index in [0.29, 0.717) is 0 Å². The average Bonchev–Trinajstić information content (AvgIpc) is 1.64. The van der Waals surface area contributed by atoms with Crippen LogP contribution in [0.3, 0.4) is 0 Å². The molecule has 0 radical (unpaired) electrons. The third-order valence-electron chi connectivity index (χ3n) is 0.751. The SMILES string of the molecule is C[C@@H](N)[C@@H](O)C(=O)O. The molecular weight excluding hydrogens is 110 g/mol. The topological polar surface area (TPSA) is 83.5 Å². The van der Waals surface area contributed by atoms with Gasteiger partial charge < -0.3 is 15.9 Å². The van der Waals surface area contributed by atoms with Crippen molar-refractivity contribution in [2.45, 2.75) is 19.1 Å². The van der Waals surface area contributed by atoms with E-state index < -0.39 is 18.1 Å². The van der Waals surface area contributed by atoms with Gasteiger partial charge in [0.05, 0.1) is 0 Å². The number of nitrogens with two attached hydrogens (primary N) is 1. The van der Waals surface area contributed by atoms with Gasteiger partial charge >= 0.3 is 5.97 Å². The molecule has 0 aliphatic heterocycles. The summed E-state index contributed by atoms with van der Waals surface area (Å²) < 4.78 is 0. The van der Waals surface area contributed by atoms with E-state index in [1.807, 2.05) is 0 Å². The highest BCUT2D eigenvalue weighted by atomic mass is 16.4. The molecule has 48 valence electrons. The van der Waals surface area contributed by atoms with Gasteiger partial charge in [0, 0.05) is 6.04 Å². The summed E-state index contributed by atoms with van der Waals surface area (Å²) in [5, 5.41) is 16.5. The largest absolute Gasteiger partial charge is 0.479 e. The fourth-order valence-electron chi connectivity index (χ4n) is 0.225. The van der Waals surface area contributed by atoms with Crippen LogP contribution in [0.5, 0.6) is 0 Å². The third-order valence-corrected chi connectivity index (χ3v) is 0.751. The van der Waals surface area contributed by atoms with Crippen molar-refractivity contribution >= 4 is 5.97 Å². The molecule has 0 amide bonds. The first-order valence-electron chi connectivity index (χ1n) is 2.22. The van der Waals surface area contributed by atoms with Gasteiger partial charge in [-0.25, -0.2) is 4.79 Å². The van der Waals surface area contributed by atoms with Gasteiger partial charge in [0.1, 0.15) is 0 Å². The number of carbonyl (C=O) groups is 1. The number of hydrogen-bond acceptors (Lipinski definition) is 3. The minimum Gasteiger partial charge on any atom is -0.479 e. The molecule has 0 spiro atoms. The van der Waals surface area contributed by atoms with Gasteiger partial charge in [-0.1, -0.05) is 0 Å². The second-order valence-electron chi connectivity index (χ2n) is 1.64. The Balaban J connectivity index is 3.64. The van der Waals surface area contributed by atoms with Gasteiger partial charge in [0.2, 0.25) is 0 Å². The van der Waals surface area contributed by atoms with Gasteiger partial charge in [0.25, 0.3) is 0 Å². The second kappa shape index (κ2) is 2.64. The van der Waals surface area contributed by atoms with Crippen LogP contribution in [0, 0.1) is 0 Å². The molecule has 0 aromatic heterocycles. The quantitative estimate of drug-likeness (QED) is 0.425. The summed E-state index contributed by atoms with van der Waals surface area (Å²) in [6.45, 7) is 1.43. The number of aliphatic hydroxyl groups is 1. The molecule has 0 aromatic carbocycles. The van der Waals surface area contributed by atoms with E-state index in [9.17, 15) is 4.79 Å². The first-order chi connectivity index (χ1) is 3.55. The maximum Gasteiger partial charge on any atom is 0.334 e. The smallest absolute Gasteiger partial charge is 0.334 e. The Labute approximate surface area is 46.9 Å². The summed E-state index contributed by atoms with van der Waals surface area (Å²) in [6.07, 6.45) is -1.44. The van der Waals surface area contributed by atoms with Crippen LogP contribution in [-0.4, -0.2) is 28.3 Å². The molecule has 4 N–H and O–H groups in total. The maximum absolute atomic E-state index is 9.81. The van der Waals surface area contributed by atoms with Crippen LogP contribution in [0.1, 0.15) is 6.92 Å².